The average Bonchev–Trinajstić information content (AvgIpc) is 2.93. The number of fused-ring (bicyclic) bond motifs is 1. The molecule has 0 saturated carbocycles. The number of hydrogen-bond acceptors (Lipinski definition) is 4. The number of amides is 1. The molecule has 0 aliphatic carbocycles. The topological polar surface area (TPSA) is 53.6 Å². The van der Waals surface area contributed by atoms with E-state index in [0.29, 0.717) is 43.7 Å². The van der Waals surface area contributed by atoms with Crippen molar-refractivity contribution in [3.8, 4) is 5.75 Å². The molecule has 0 radical (unpaired) electrons. The van der Waals surface area contributed by atoms with Crippen molar-refractivity contribution in [2.75, 3.05) is 31.1 Å². The molecule has 208 valence electrons. The lowest BCUT2D eigenvalue weighted by molar-refractivity contribution is 0.0935. The van der Waals surface area contributed by atoms with Crippen LogP contribution in [0.5, 0.6) is 5.75 Å². The lowest BCUT2D eigenvalue weighted by Crippen LogP contribution is -2.39. The average molecular weight is 536 g/mol. The molecule has 3 aromatic rings. The van der Waals surface area contributed by atoms with Crippen LogP contribution in [0.4, 0.5) is 14.5 Å². The van der Waals surface area contributed by atoms with Crippen molar-refractivity contribution in [3.63, 3.8) is 0 Å². The maximum Gasteiger partial charge on any atom is 0.251 e. The standard InChI is InChI=1S/C32H39F2N3O2/c1-3-5-13-37-14-15-39-31-10-9-26(20-30(31)37)32(38)36-29(19-25-17-27(33)21-28(34)18-25)11-12-35-22-24-8-6-7-23(4-2)16-24/h6-10,16-18,20-21,29,35H,3-5,11-15,19,22H2,1-2H3,(H,36,38)/t29-/m1/s1. The fraction of sp³-hybridized carbons (Fsp3) is 0.406. The van der Waals surface area contributed by atoms with Crippen molar-refractivity contribution >= 4 is 11.6 Å². The van der Waals surface area contributed by atoms with E-state index in [0.717, 1.165) is 49.9 Å². The van der Waals surface area contributed by atoms with Gasteiger partial charge in [-0.1, -0.05) is 44.5 Å². The third kappa shape index (κ3) is 8.27. The highest BCUT2D eigenvalue weighted by Crippen LogP contribution is 2.32. The second kappa shape index (κ2) is 14.1. The summed E-state index contributed by atoms with van der Waals surface area (Å²) in [7, 11) is 0. The number of carbonyl (C=O) groups is 1. The summed E-state index contributed by atoms with van der Waals surface area (Å²) in [5, 5.41) is 6.57. The highest BCUT2D eigenvalue weighted by Gasteiger charge is 2.21. The number of carbonyl (C=O) groups excluding carboxylic acids is 1. The summed E-state index contributed by atoms with van der Waals surface area (Å²) >= 11 is 0. The second-order valence-electron chi connectivity index (χ2n) is 10.2. The van der Waals surface area contributed by atoms with Crippen molar-refractivity contribution < 1.29 is 18.3 Å². The number of halogens is 2. The van der Waals surface area contributed by atoms with Crippen LogP contribution >= 0.6 is 0 Å². The van der Waals surface area contributed by atoms with E-state index in [1.165, 1.54) is 23.3 Å². The summed E-state index contributed by atoms with van der Waals surface area (Å²) in [6.07, 6.45) is 4.07. The van der Waals surface area contributed by atoms with Crippen LogP contribution in [0.1, 0.15) is 60.2 Å². The fourth-order valence-corrected chi connectivity index (χ4v) is 4.97. The SMILES string of the molecule is CCCCN1CCOc2ccc(C(=O)N[C@H](CCNCc3cccc(CC)c3)Cc3cc(F)cc(F)c3)cc21. The van der Waals surface area contributed by atoms with E-state index in [1.54, 1.807) is 6.07 Å². The third-order valence-electron chi connectivity index (χ3n) is 7.10. The van der Waals surface area contributed by atoms with E-state index >= 15 is 0 Å². The normalized spacial score (nSPS) is 13.5. The molecule has 4 rings (SSSR count). The second-order valence-corrected chi connectivity index (χ2v) is 10.2. The van der Waals surface area contributed by atoms with Crippen molar-refractivity contribution in [2.24, 2.45) is 0 Å². The van der Waals surface area contributed by atoms with E-state index in [1.807, 2.05) is 12.1 Å². The quantitative estimate of drug-likeness (QED) is 0.262. The van der Waals surface area contributed by atoms with E-state index < -0.39 is 11.6 Å². The maximum absolute atomic E-state index is 13.9. The van der Waals surface area contributed by atoms with Crippen LogP contribution in [0.25, 0.3) is 0 Å². The molecule has 1 heterocycles. The molecule has 0 saturated heterocycles. The molecule has 0 bridgehead atoms. The van der Waals surface area contributed by atoms with E-state index in [-0.39, 0.29) is 11.9 Å². The van der Waals surface area contributed by atoms with Crippen LogP contribution in [0.15, 0.2) is 60.7 Å². The summed E-state index contributed by atoms with van der Waals surface area (Å²) in [5.74, 6) is -0.662. The van der Waals surface area contributed by atoms with Gasteiger partial charge in [-0.3, -0.25) is 4.79 Å². The number of unbranched alkanes of at least 4 members (excludes halogenated alkanes) is 1. The Morgan fingerprint density at radius 2 is 1.79 bits per heavy atom. The van der Waals surface area contributed by atoms with Gasteiger partial charge >= 0.3 is 0 Å². The zero-order valence-corrected chi connectivity index (χ0v) is 22.9. The largest absolute Gasteiger partial charge is 0.490 e. The number of rotatable bonds is 13. The van der Waals surface area contributed by atoms with Gasteiger partial charge in [0.2, 0.25) is 0 Å². The van der Waals surface area contributed by atoms with Crippen LogP contribution in [-0.2, 0) is 19.4 Å². The number of nitrogens with zero attached hydrogens (tertiary/aromatic N) is 1. The molecule has 0 fully saturated rings. The van der Waals surface area contributed by atoms with Crippen molar-refractivity contribution in [3.05, 3.63) is 94.6 Å². The lowest BCUT2D eigenvalue weighted by Gasteiger charge is -2.31. The van der Waals surface area contributed by atoms with Crippen LogP contribution in [0, 0.1) is 11.6 Å². The highest BCUT2D eigenvalue weighted by atomic mass is 19.1. The Morgan fingerprint density at radius 3 is 2.56 bits per heavy atom. The van der Waals surface area contributed by atoms with Crippen molar-refractivity contribution in [1.29, 1.82) is 0 Å². The van der Waals surface area contributed by atoms with Crippen molar-refractivity contribution in [2.45, 2.75) is 58.5 Å². The monoisotopic (exact) mass is 535 g/mol. The summed E-state index contributed by atoms with van der Waals surface area (Å²) < 4.78 is 33.6. The fourth-order valence-electron chi connectivity index (χ4n) is 4.97. The molecule has 5 nitrogen and oxygen atoms in total. The molecule has 2 N–H and O–H groups in total. The maximum atomic E-state index is 13.9. The Morgan fingerprint density at radius 1 is 1.00 bits per heavy atom. The van der Waals surface area contributed by atoms with Gasteiger partial charge in [0.15, 0.2) is 0 Å². The first-order valence-corrected chi connectivity index (χ1v) is 14.0. The van der Waals surface area contributed by atoms with E-state index in [4.69, 9.17) is 4.74 Å². The molecular formula is C32H39F2N3O2. The number of hydrogen-bond donors (Lipinski definition) is 2. The summed E-state index contributed by atoms with van der Waals surface area (Å²) in [5.41, 5.74) is 4.47. The minimum Gasteiger partial charge on any atom is -0.490 e. The van der Waals surface area contributed by atoms with Crippen molar-refractivity contribution in [1.82, 2.24) is 10.6 Å². The minimum atomic E-state index is -0.620. The number of benzene rings is 3. The van der Waals surface area contributed by atoms with Gasteiger partial charge in [0.05, 0.1) is 12.2 Å². The number of anilines is 1. The molecule has 1 aliphatic rings. The Hall–Kier alpha value is -3.45. The first-order valence-electron chi connectivity index (χ1n) is 14.0. The van der Waals surface area contributed by atoms with E-state index in [9.17, 15) is 13.6 Å². The van der Waals surface area contributed by atoms with Gasteiger partial charge in [-0.25, -0.2) is 8.78 Å². The van der Waals surface area contributed by atoms with Gasteiger partial charge in [-0.05, 0) is 79.3 Å². The van der Waals surface area contributed by atoms with Gasteiger partial charge in [0, 0.05) is 30.8 Å². The molecule has 7 heteroatoms. The number of aryl methyl sites for hydroxylation is 1. The van der Waals surface area contributed by atoms with Crippen LogP contribution in [-0.4, -0.2) is 38.2 Å². The molecule has 0 aromatic heterocycles. The predicted octanol–water partition coefficient (Wildman–Crippen LogP) is 6.05. The first-order chi connectivity index (χ1) is 18.9. The summed E-state index contributed by atoms with van der Waals surface area (Å²) in [4.78, 5) is 15.6. The van der Waals surface area contributed by atoms with Gasteiger partial charge < -0.3 is 20.3 Å². The Kier molecular flexibility index (Phi) is 10.3. The molecule has 0 spiro atoms. The summed E-state index contributed by atoms with van der Waals surface area (Å²) in [6.45, 7) is 7.98. The predicted molar refractivity (Wildman–Crippen MR) is 153 cm³/mol. The van der Waals surface area contributed by atoms with Gasteiger partial charge in [-0.2, -0.15) is 0 Å². The zero-order valence-electron chi connectivity index (χ0n) is 22.9. The van der Waals surface area contributed by atoms with Crippen LogP contribution in [0.3, 0.4) is 0 Å². The minimum absolute atomic E-state index is 0.212. The summed E-state index contributed by atoms with van der Waals surface area (Å²) in [6, 6.07) is 17.2. The van der Waals surface area contributed by atoms with Gasteiger partial charge in [0.1, 0.15) is 24.0 Å². The van der Waals surface area contributed by atoms with E-state index in [2.05, 4.69) is 53.6 Å². The first kappa shape index (κ1) is 28.6. The Bertz CT molecular complexity index is 1230. The number of nitrogens with one attached hydrogen (secondary N) is 2. The zero-order chi connectivity index (χ0) is 27.6. The molecule has 39 heavy (non-hydrogen) atoms. The highest BCUT2D eigenvalue weighted by molar-refractivity contribution is 5.96. The molecule has 1 atom stereocenters. The van der Waals surface area contributed by atoms with Crippen LogP contribution < -0.4 is 20.3 Å². The van der Waals surface area contributed by atoms with Crippen LogP contribution in [0.2, 0.25) is 0 Å². The Labute approximate surface area is 230 Å². The molecule has 1 amide bonds. The molecule has 0 unspecified atom stereocenters. The third-order valence-corrected chi connectivity index (χ3v) is 7.10. The Balaban J connectivity index is 1.44. The lowest BCUT2D eigenvalue weighted by atomic mass is 10.0. The van der Waals surface area contributed by atoms with Gasteiger partial charge in [0.25, 0.3) is 5.91 Å². The molecule has 1 aliphatic heterocycles. The molecular weight excluding hydrogens is 496 g/mol. The molecule has 3 aromatic carbocycles. The smallest absolute Gasteiger partial charge is 0.251 e. The number of ether oxygens (including phenoxy) is 1. The van der Waals surface area contributed by atoms with Gasteiger partial charge in [-0.15, -0.1) is 0 Å².